The third-order valence-corrected chi connectivity index (χ3v) is 4.64. The average molecular weight is 363 g/mol. The second-order valence-electron chi connectivity index (χ2n) is 5.18. The number of methoxy groups -OCH3 is 3. The standard InChI is InChI=1S/C18H25N3O3S/c1-19-18(20-10-9-14-6-5-11-25-14)21-12-13-7-8-15(22-2)17(24-4)16(13)23-3/h5-8,11H,9-10,12H2,1-4H3,(H2,19,20,21). The maximum atomic E-state index is 5.50. The zero-order valence-corrected chi connectivity index (χ0v) is 15.9. The molecule has 0 aliphatic heterocycles. The highest BCUT2D eigenvalue weighted by molar-refractivity contribution is 7.09. The smallest absolute Gasteiger partial charge is 0.203 e. The van der Waals surface area contributed by atoms with E-state index in [0.29, 0.717) is 23.8 Å². The van der Waals surface area contributed by atoms with Crippen LogP contribution in [0.3, 0.4) is 0 Å². The van der Waals surface area contributed by atoms with Crippen LogP contribution in [0.5, 0.6) is 17.2 Å². The summed E-state index contributed by atoms with van der Waals surface area (Å²) in [6, 6.07) is 8.02. The van der Waals surface area contributed by atoms with Crippen molar-refractivity contribution in [3.63, 3.8) is 0 Å². The zero-order valence-electron chi connectivity index (χ0n) is 15.1. The van der Waals surface area contributed by atoms with Gasteiger partial charge in [-0.25, -0.2) is 0 Å². The molecule has 0 saturated carbocycles. The van der Waals surface area contributed by atoms with Crippen molar-refractivity contribution in [2.45, 2.75) is 13.0 Å². The van der Waals surface area contributed by atoms with E-state index in [9.17, 15) is 0 Å². The van der Waals surface area contributed by atoms with Crippen LogP contribution < -0.4 is 24.8 Å². The largest absolute Gasteiger partial charge is 0.493 e. The lowest BCUT2D eigenvalue weighted by molar-refractivity contribution is 0.322. The summed E-state index contributed by atoms with van der Waals surface area (Å²) in [4.78, 5) is 5.61. The zero-order chi connectivity index (χ0) is 18.1. The molecule has 0 spiro atoms. The molecule has 1 aromatic carbocycles. The van der Waals surface area contributed by atoms with Crippen LogP contribution in [-0.2, 0) is 13.0 Å². The Morgan fingerprint density at radius 3 is 2.44 bits per heavy atom. The number of rotatable bonds is 8. The molecule has 2 aromatic rings. The molecule has 0 radical (unpaired) electrons. The van der Waals surface area contributed by atoms with Gasteiger partial charge in [0.1, 0.15) is 0 Å². The molecule has 0 atom stereocenters. The molecule has 7 heteroatoms. The van der Waals surface area contributed by atoms with E-state index in [1.54, 1.807) is 39.7 Å². The van der Waals surface area contributed by atoms with E-state index < -0.39 is 0 Å². The summed E-state index contributed by atoms with van der Waals surface area (Å²) < 4.78 is 16.2. The Kier molecular flexibility index (Phi) is 7.40. The molecule has 0 aliphatic rings. The summed E-state index contributed by atoms with van der Waals surface area (Å²) >= 11 is 1.76. The van der Waals surface area contributed by atoms with Gasteiger partial charge in [-0.3, -0.25) is 4.99 Å². The van der Waals surface area contributed by atoms with Crippen LogP contribution in [0.4, 0.5) is 0 Å². The van der Waals surface area contributed by atoms with Gasteiger partial charge in [0.25, 0.3) is 0 Å². The van der Waals surface area contributed by atoms with Gasteiger partial charge in [-0.15, -0.1) is 11.3 Å². The third-order valence-electron chi connectivity index (χ3n) is 3.70. The first-order valence-corrected chi connectivity index (χ1v) is 8.86. The second-order valence-corrected chi connectivity index (χ2v) is 6.21. The summed E-state index contributed by atoms with van der Waals surface area (Å²) in [5, 5.41) is 8.70. The van der Waals surface area contributed by atoms with Crippen LogP contribution in [0.2, 0.25) is 0 Å². The Hall–Kier alpha value is -2.41. The van der Waals surface area contributed by atoms with Crippen LogP contribution in [-0.4, -0.2) is 40.9 Å². The summed E-state index contributed by atoms with van der Waals surface area (Å²) in [5.41, 5.74) is 0.960. The molecule has 2 N–H and O–H groups in total. The Bertz CT molecular complexity index is 687. The van der Waals surface area contributed by atoms with Crippen LogP contribution >= 0.6 is 11.3 Å². The number of aliphatic imine (C=N–C) groups is 1. The number of ether oxygens (including phenoxy) is 3. The van der Waals surface area contributed by atoms with Gasteiger partial charge in [0.05, 0.1) is 21.3 Å². The Morgan fingerprint density at radius 2 is 1.84 bits per heavy atom. The summed E-state index contributed by atoms with van der Waals surface area (Å²) in [6.45, 7) is 1.38. The van der Waals surface area contributed by atoms with Gasteiger partial charge in [-0.05, 0) is 30.0 Å². The third kappa shape index (κ3) is 5.03. The Morgan fingerprint density at radius 1 is 1.04 bits per heavy atom. The highest BCUT2D eigenvalue weighted by Gasteiger charge is 2.15. The lowest BCUT2D eigenvalue weighted by atomic mass is 10.1. The molecule has 0 aliphatic carbocycles. The highest BCUT2D eigenvalue weighted by atomic mass is 32.1. The van der Waals surface area contributed by atoms with Gasteiger partial charge in [-0.2, -0.15) is 0 Å². The first-order chi connectivity index (χ1) is 12.2. The molecule has 0 amide bonds. The maximum absolute atomic E-state index is 5.50. The van der Waals surface area contributed by atoms with Gasteiger partial charge in [0.15, 0.2) is 17.5 Å². The molecular formula is C18H25N3O3S. The van der Waals surface area contributed by atoms with E-state index in [-0.39, 0.29) is 0 Å². The second kappa shape index (κ2) is 9.78. The van der Waals surface area contributed by atoms with E-state index in [0.717, 1.165) is 24.5 Å². The molecule has 0 bridgehead atoms. The van der Waals surface area contributed by atoms with Crippen LogP contribution in [0.25, 0.3) is 0 Å². The number of guanidine groups is 1. The normalized spacial score (nSPS) is 11.1. The topological polar surface area (TPSA) is 64.1 Å². The van der Waals surface area contributed by atoms with Gasteiger partial charge >= 0.3 is 0 Å². The van der Waals surface area contributed by atoms with Gasteiger partial charge in [0, 0.05) is 30.6 Å². The fraction of sp³-hybridized carbons (Fsp3) is 0.389. The minimum Gasteiger partial charge on any atom is -0.493 e. The molecule has 0 fully saturated rings. The van der Waals surface area contributed by atoms with E-state index in [2.05, 4.69) is 33.1 Å². The molecule has 1 aromatic heterocycles. The van der Waals surface area contributed by atoms with Crippen LogP contribution in [0, 0.1) is 0 Å². The van der Waals surface area contributed by atoms with Crippen LogP contribution in [0.15, 0.2) is 34.6 Å². The molecule has 0 unspecified atom stereocenters. The lowest BCUT2D eigenvalue weighted by Gasteiger charge is -2.17. The fourth-order valence-electron chi connectivity index (χ4n) is 2.46. The maximum Gasteiger partial charge on any atom is 0.203 e. The molecule has 0 saturated heterocycles. The number of thiophene rings is 1. The lowest BCUT2D eigenvalue weighted by Crippen LogP contribution is -2.37. The summed E-state index contributed by atoms with van der Waals surface area (Å²) in [6.07, 6.45) is 0.970. The van der Waals surface area contributed by atoms with Gasteiger partial charge in [-0.1, -0.05) is 6.07 Å². The molecule has 1 heterocycles. The Labute approximate surface area is 152 Å². The van der Waals surface area contributed by atoms with Crippen LogP contribution in [0.1, 0.15) is 10.4 Å². The van der Waals surface area contributed by atoms with Crippen molar-refractivity contribution >= 4 is 17.3 Å². The van der Waals surface area contributed by atoms with Crippen molar-refractivity contribution in [1.82, 2.24) is 10.6 Å². The Balaban J connectivity index is 1.96. The van der Waals surface area contributed by atoms with Crippen molar-refractivity contribution in [1.29, 1.82) is 0 Å². The van der Waals surface area contributed by atoms with E-state index in [1.165, 1.54) is 4.88 Å². The molecule has 6 nitrogen and oxygen atoms in total. The monoisotopic (exact) mass is 363 g/mol. The summed E-state index contributed by atoms with van der Waals surface area (Å²) in [7, 11) is 6.58. The average Bonchev–Trinajstić information content (AvgIpc) is 3.16. The van der Waals surface area contributed by atoms with Crippen molar-refractivity contribution in [2.24, 2.45) is 4.99 Å². The first kappa shape index (κ1) is 18.9. The van der Waals surface area contributed by atoms with E-state index in [1.807, 2.05) is 12.1 Å². The minimum absolute atomic E-state index is 0.558. The predicted octanol–water partition coefficient (Wildman–Crippen LogP) is 2.68. The van der Waals surface area contributed by atoms with Crippen molar-refractivity contribution in [3.05, 3.63) is 40.1 Å². The summed E-state index contributed by atoms with van der Waals surface area (Å²) in [5.74, 6) is 2.63. The van der Waals surface area contributed by atoms with Crippen molar-refractivity contribution < 1.29 is 14.2 Å². The molecule has 136 valence electrons. The number of benzene rings is 1. The predicted molar refractivity (Wildman–Crippen MR) is 102 cm³/mol. The SMILES string of the molecule is CN=C(NCCc1cccs1)NCc1ccc(OC)c(OC)c1OC. The highest BCUT2D eigenvalue weighted by Crippen LogP contribution is 2.39. The number of hydrogen-bond donors (Lipinski definition) is 2. The molecule has 25 heavy (non-hydrogen) atoms. The van der Waals surface area contributed by atoms with Gasteiger partial charge < -0.3 is 24.8 Å². The number of nitrogens with zero attached hydrogens (tertiary/aromatic N) is 1. The fourth-order valence-corrected chi connectivity index (χ4v) is 3.17. The quantitative estimate of drug-likeness (QED) is 0.558. The minimum atomic E-state index is 0.558. The first-order valence-electron chi connectivity index (χ1n) is 7.98. The molecule has 2 rings (SSSR count). The van der Waals surface area contributed by atoms with E-state index in [4.69, 9.17) is 14.2 Å². The van der Waals surface area contributed by atoms with E-state index >= 15 is 0 Å². The molecular weight excluding hydrogens is 338 g/mol. The van der Waals surface area contributed by atoms with Gasteiger partial charge in [0.2, 0.25) is 5.75 Å². The number of hydrogen-bond acceptors (Lipinski definition) is 5. The van der Waals surface area contributed by atoms with Crippen molar-refractivity contribution in [2.75, 3.05) is 34.9 Å². The number of nitrogens with one attached hydrogen (secondary N) is 2. The van der Waals surface area contributed by atoms with Crippen molar-refractivity contribution in [3.8, 4) is 17.2 Å².